The van der Waals surface area contributed by atoms with Gasteiger partial charge in [-0.15, -0.1) is 11.3 Å². The molecule has 1 saturated heterocycles. The minimum atomic E-state index is -5.01. The Labute approximate surface area is 184 Å². The fourth-order valence-corrected chi connectivity index (χ4v) is 3.68. The van der Waals surface area contributed by atoms with Crippen LogP contribution in [0.5, 0.6) is 0 Å². The maximum absolute atomic E-state index is 12.5. The number of nitrogen functional groups attached to an aromatic ring is 1. The van der Waals surface area contributed by atoms with Crippen molar-refractivity contribution >= 4 is 79.8 Å². The number of carbonyl (C=O) groups excluding carboxylic acids is 3. The third-order valence-corrected chi connectivity index (χ3v) is 5.00. The number of hydrogen-bond acceptors (Lipinski definition) is 10. The summed E-state index contributed by atoms with van der Waals surface area (Å²) in [5.74, 6) is -3.30. The van der Waals surface area contributed by atoms with Crippen molar-refractivity contribution < 1.29 is 32.2 Å². The minimum absolute atomic E-state index is 0. The predicted molar refractivity (Wildman–Crippen MR) is 99.7 cm³/mol. The van der Waals surface area contributed by atoms with Crippen LogP contribution >= 0.6 is 11.3 Å². The first-order chi connectivity index (χ1) is 12.5. The summed E-state index contributed by atoms with van der Waals surface area (Å²) in [4.78, 5) is 44.3. The average Bonchev–Trinajstić information content (AvgIpc) is 2.98. The molecule has 0 radical (unpaired) electrons. The standard InChI is InChI=1S/C12H14N6O7S2.Na.H/c1-4(9(13)19)8-7(11(21)18(8)27(22,23)24)16-10(20)6(17-25-2)5-3-26-12(14)15-5;;/h3,7-8H,1H2,2H3,(H2,13,19)(H2,14,15)(H,16,20)(H,22,23,24);;/t7-,8-;;/m0../s1. The fourth-order valence-electron chi connectivity index (χ4n) is 2.25. The molecule has 16 heteroatoms. The van der Waals surface area contributed by atoms with Crippen molar-refractivity contribution in [1.29, 1.82) is 0 Å². The van der Waals surface area contributed by atoms with Crippen LogP contribution in [0.15, 0.2) is 22.7 Å². The normalized spacial score (nSPS) is 19.3. The number of hydrogen-bond donors (Lipinski definition) is 4. The van der Waals surface area contributed by atoms with Gasteiger partial charge < -0.3 is 21.6 Å². The molecule has 6 N–H and O–H groups in total. The Bertz CT molecular complexity index is 959. The molecule has 1 aromatic rings. The van der Waals surface area contributed by atoms with Gasteiger partial charge in [0.1, 0.15) is 24.9 Å². The van der Waals surface area contributed by atoms with Crippen molar-refractivity contribution in [3.63, 3.8) is 0 Å². The molecule has 1 aliphatic heterocycles. The Hall–Kier alpha value is -2.04. The van der Waals surface area contributed by atoms with Gasteiger partial charge in [0.25, 0.3) is 11.8 Å². The van der Waals surface area contributed by atoms with Crippen molar-refractivity contribution in [1.82, 2.24) is 14.6 Å². The molecule has 0 saturated carbocycles. The first kappa shape index (κ1) is 24.0. The van der Waals surface area contributed by atoms with Crippen LogP contribution < -0.4 is 16.8 Å². The third-order valence-electron chi connectivity index (χ3n) is 3.42. The van der Waals surface area contributed by atoms with Gasteiger partial charge in [-0.3, -0.25) is 18.9 Å². The first-order valence-electron chi connectivity index (χ1n) is 6.91. The SMILES string of the molecule is C=C(C(N)=O)[C@H]1[C@H](NC(=O)C(=NOC)c2csc(N)n2)C(=O)N1S(=O)(=O)O.[NaH]. The number of anilines is 1. The average molecular weight is 442 g/mol. The van der Waals surface area contributed by atoms with Gasteiger partial charge >= 0.3 is 39.9 Å². The van der Waals surface area contributed by atoms with E-state index in [4.69, 9.17) is 16.0 Å². The molecule has 2 atom stereocenters. The van der Waals surface area contributed by atoms with Crippen molar-refractivity contribution in [2.75, 3.05) is 12.8 Å². The number of nitrogens with one attached hydrogen (secondary N) is 1. The molecule has 2 rings (SSSR count). The second-order valence-electron chi connectivity index (χ2n) is 5.09. The number of oxime groups is 1. The van der Waals surface area contributed by atoms with E-state index in [9.17, 15) is 22.8 Å². The Balaban J connectivity index is 0.00000392. The number of nitrogens with two attached hydrogens (primary N) is 2. The second-order valence-corrected chi connectivity index (χ2v) is 7.27. The van der Waals surface area contributed by atoms with Crippen LogP contribution in [0, 0.1) is 0 Å². The second kappa shape index (κ2) is 8.97. The van der Waals surface area contributed by atoms with Crippen molar-refractivity contribution in [3.05, 3.63) is 23.2 Å². The van der Waals surface area contributed by atoms with Crippen LogP contribution in [0.4, 0.5) is 5.13 Å². The Morgan fingerprint density at radius 3 is 2.54 bits per heavy atom. The monoisotopic (exact) mass is 442 g/mol. The molecule has 0 spiro atoms. The van der Waals surface area contributed by atoms with Gasteiger partial charge in [-0.05, 0) is 0 Å². The number of rotatable bonds is 7. The van der Waals surface area contributed by atoms with Crippen molar-refractivity contribution in [2.24, 2.45) is 10.9 Å². The number of β-lactam (4-membered cyclic amide) rings is 1. The van der Waals surface area contributed by atoms with E-state index < -0.39 is 45.7 Å². The van der Waals surface area contributed by atoms with Crippen molar-refractivity contribution in [2.45, 2.75) is 12.1 Å². The number of thiazole rings is 1. The van der Waals surface area contributed by atoms with E-state index in [0.29, 0.717) is 0 Å². The molecule has 148 valence electrons. The van der Waals surface area contributed by atoms with Gasteiger partial charge in [0.2, 0.25) is 5.91 Å². The molecule has 1 fully saturated rings. The van der Waals surface area contributed by atoms with Crippen molar-refractivity contribution in [3.8, 4) is 0 Å². The fraction of sp³-hybridized carbons (Fsp3) is 0.250. The number of aromatic nitrogens is 1. The van der Waals surface area contributed by atoms with Gasteiger partial charge in [0.15, 0.2) is 10.8 Å². The van der Waals surface area contributed by atoms with Gasteiger partial charge in [-0.2, -0.15) is 8.42 Å². The van der Waals surface area contributed by atoms with Gasteiger partial charge in [-0.25, -0.2) is 9.29 Å². The topological polar surface area (TPSA) is 207 Å². The summed E-state index contributed by atoms with van der Waals surface area (Å²) in [6.07, 6.45) is 0. The predicted octanol–water partition coefficient (Wildman–Crippen LogP) is -3.03. The van der Waals surface area contributed by atoms with E-state index in [-0.39, 0.29) is 50.4 Å². The molecular weight excluding hydrogens is 427 g/mol. The molecule has 28 heavy (non-hydrogen) atoms. The molecule has 0 aromatic carbocycles. The van der Waals surface area contributed by atoms with Gasteiger partial charge in [0, 0.05) is 11.0 Å². The summed E-state index contributed by atoms with van der Waals surface area (Å²) in [6.45, 7) is 3.30. The summed E-state index contributed by atoms with van der Waals surface area (Å²) in [5, 5.41) is 7.23. The number of nitrogens with zero attached hydrogens (tertiary/aromatic N) is 3. The van der Waals surface area contributed by atoms with E-state index in [1.54, 1.807) is 0 Å². The number of primary amides is 1. The maximum atomic E-state index is 12.5. The number of carbonyl (C=O) groups is 3. The van der Waals surface area contributed by atoms with Gasteiger partial charge in [0.05, 0.1) is 0 Å². The van der Waals surface area contributed by atoms with Gasteiger partial charge in [-0.1, -0.05) is 11.7 Å². The molecule has 0 unspecified atom stereocenters. The summed E-state index contributed by atoms with van der Waals surface area (Å²) >= 11 is 1.02. The van der Waals surface area contributed by atoms with Crippen LogP contribution in [-0.4, -0.2) is 94.4 Å². The Morgan fingerprint density at radius 1 is 1.50 bits per heavy atom. The third kappa shape index (κ3) is 4.68. The molecule has 1 aromatic heterocycles. The Morgan fingerprint density at radius 2 is 2.11 bits per heavy atom. The first-order valence-corrected chi connectivity index (χ1v) is 9.19. The van der Waals surface area contributed by atoms with E-state index in [2.05, 4.69) is 26.9 Å². The molecule has 13 nitrogen and oxygen atoms in total. The molecule has 0 aliphatic carbocycles. The molecule has 0 bridgehead atoms. The van der Waals surface area contributed by atoms with Crippen LogP contribution in [0.3, 0.4) is 0 Å². The zero-order chi connectivity index (χ0) is 20.5. The quantitative estimate of drug-likeness (QED) is 0.0844. The zero-order valence-electron chi connectivity index (χ0n) is 13.6. The summed E-state index contributed by atoms with van der Waals surface area (Å²) < 4.78 is 31.8. The van der Waals surface area contributed by atoms with Crippen LogP contribution in [0.2, 0.25) is 0 Å². The van der Waals surface area contributed by atoms with Crippen LogP contribution in [0.1, 0.15) is 5.69 Å². The zero-order valence-corrected chi connectivity index (χ0v) is 15.3. The summed E-state index contributed by atoms with van der Waals surface area (Å²) in [7, 11) is -3.85. The summed E-state index contributed by atoms with van der Waals surface area (Å²) in [5.41, 5.74) is 9.73. The molecular formula is C12H15N6NaO7S2. The van der Waals surface area contributed by atoms with E-state index >= 15 is 0 Å². The van der Waals surface area contributed by atoms with E-state index in [0.717, 1.165) is 18.4 Å². The number of amides is 3. The van der Waals surface area contributed by atoms with Crippen LogP contribution in [-0.2, 0) is 29.5 Å². The van der Waals surface area contributed by atoms with Crippen LogP contribution in [0.25, 0.3) is 0 Å². The van der Waals surface area contributed by atoms with E-state index in [1.165, 1.54) is 5.38 Å². The summed E-state index contributed by atoms with van der Waals surface area (Å²) in [6, 6.07) is -3.14. The molecule has 1 aliphatic rings. The molecule has 3 amide bonds. The Kier molecular flexibility index (Phi) is 7.69. The molecule has 2 heterocycles. The van der Waals surface area contributed by atoms with E-state index in [1.807, 2.05) is 0 Å².